The number of halogens is 1. The van der Waals surface area contributed by atoms with E-state index in [0.717, 1.165) is 29.9 Å². The molecule has 0 aromatic carbocycles. The van der Waals surface area contributed by atoms with E-state index < -0.39 is 0 Å². The molecule has 76 valence electrons. The molecule has 0 N–H and O–H groups in total. The van der Waals surface area contributed by atoms with Crippen LogP contribution in [-0.4, -0.2) is 18.1 Å². The molecule has 4 heteroatoms. The Morgan fingerprint density at radius 3 is 3.00 bits per heavy atom. The first-order valence-corrected chi connectivity index (χ1v) is 5.59. The number of anilines is 1. The Morgan fingerprint density at radius 2 is 2.36 bits per heavy atom. The lowest BCUT2D eigenvalue weighted by molar-refractivity contribution is 0.0761. The predicted molar refractivity (Wildman–Crippen MR) is 59.2 cm³/mol. The van der Waals surface area contributed by atoms with Crippen LogP contribution in [0.5, 0.6) is 0 Å². The fraction of sp³-hybridized carbons (Fsp3) is 0.500. The molecule has 0 unspecified atom stereocenters. The summed E-state index contributed by atoms with van der Waals surface area (Å²) < 4.78 is 1.04. The lowest BCUT2D eigenvalue weighted by Gasteiger charge is -2.26. The standard InChI is InChI=1S/C10H13BrN2O/c1-8-6-10(12-7-9(8)11)13-4-2-3-5-14-13/h6-7H,2-5H2,1H3. The highest BCUT2D eigenvalue weighted by Gasteiger charge is 2.13. The topological polar surface area (TPSA) is 25.4 Å². The second-order valence-electron chi connectivity index (χ2n) is 3.43. The van der Waals surface area contributed by atoms with Gasteiger partial charge in [-0.25, -0.2) is 10.0 Å². The number of rotatable bonds is 1. The average molecular weight is 257 g/mol. The lowest BCUT2D eigenvalue weighted by Crippen LogP contribution is -2.30. The summed E-state index contributed by atoms with van der Waals surface area (Å²) >= 11 is 3.43. The van der Waals surface area contributed by atoms with Crippen molar-refractivity contribution in [2.24, 2.45) is 0 Å². The molecule has 3 nitrogen and oxygen atoms in total. The Hall–Kier alpha value is -0.610. The Labute approximate surface area is 92.2 Å². The van der Waals surface area contributed by atoms with Crippen LogP contribution in [0.25, 0.3) is 0 Å². The second kappa shape index (κ2) is 4.28. The fourth-order valence-electron chi connectivity index (χ4n) is 1.44. The van der Waals surface area contributed by atoms with Crippen molar-refractivity contribution in [2.45, 2.75) is 19.8 Å². The van der Waals surface area contributed by atoms with E-state index in [2.05, 4.69) is 27.8 Å². The minimum Gasteiger partial charge on any atom is -0.272 e. The minimum atomic E-state index is 0.802. The van der Waals surface area contributed by atoms with Gasteiger partial charge in [0.15, 0.2) is 5.82 Å². The Morgan fingerprint density at radius 1 is 1.50 bits per heavy atom. The van der Waals surface area contributed by atoms with Crippen LogP contribution in [0.4, 0.5) is 5.82 Å². The number of pyridine rings is 1. The van der Waals surface area contributed by atoms with Crippen molar-refractivity contribution >= 4 is 21.7 Å². The van der Waals surface area contributed by atoms with Crippen molar-refractivity contribution in [1.82, 2.24) is 4.98 Å². The first-order valence-electron chi connectivity index (χ1n) is 4.80. The van der Waals surface area contributed by atoms with Crippen molar-refractivity contribution in [3.8, 4) is 0 Å². The molecule has 1 aliphatic rings. The molecule has 14 heavy (non-hydrogen) atoms. The van der Waals surface area contributed by atoms with Crippen LogP contribution >= 0.6 is 15.9 Å². The molecule has 1 aliphatic heterocycles. The summed E-state index contributed by atoms with van der Waals surface area (Å²) in [6.07, 6.45) is 4.14. The third kappa shape index (κ3) is 2.07. The summed E-state index contributed by atoms with van der Waals surface area (Å²) in [5, 5.41) is 1.88. The third-order valence-corrected chi connectivity index (χ3v) is 3.12. The summed E-state index contributed by atoms with van der Waals surface area (Å²) in [6.45, 7) is 3.80. The summed E-state index contributed by atoms with van der Waals surface area (Å²) in [5.41, 5.74) is 1.18. The van der Waals surface area contributed by atoms with Gasteiger partial charge in [-0.2, -0.15) is 0 Å². The van der Waals surface area contributed by atoms with Gasteiger partial charge in [-0.1, -0.05) is 0 Å². The summed E-state index contributed by atoms with van der Waals surface area (Å²) in [4.78, 5) is 9.83. The molecular weight excluding hydrogens is 244 g/mol. The molecule has 2 rings (SSSR count). The second-order valence-corrected chi connectivity index (χ2v) is 4.29. The SMILES string of the molecule is Cc1cc(N2CCCCO2)ncc1Br. The van der Waals surface area contributed by atoms with E-state index in [1.807, 2.05) is 17.3 Å². The van der Waals surface area contributed by atoms with Gasteiger partial charge in [0, 0.05) is 17.2 Å². The van der Waals surface area contributed by atoms with Crippen LogP contribution < -0.4 is 5.06 Å². The van der Waals surface area contributed by atoms with Crippen molar-refractivity contribution in [1.29, 1.82) is 0 Å². The zero-order chi connectivity index (χ0) is 9.97. The maximum atomic E-state index is 5.51. The lowest BCUT2D eigenvalue weighted by atomic mass is 10.2. The Kier molecular flexibility index (Phi) is 3.03. The van der Waals surface area contributed by atoms with Gasteiger partial charge in [0.25, 0.3) is 0 Å². The molecule has 0 amide bonds. The normalized spacial score (nSPS) is 17.1. The van der Waals surface area contributed by atoms with Crippen LogP contribution in [0.3, 0.4) is 0 Å². The van der Waals surface area contributed by atoms with Gasteiger partial charge in [-0.3, -0.25) is 4.84 Å². The maximum Gasteiger partial charge on any atom is 0.152 e. The van der Waals surface area contributed by atoms with E-state index in [4.69, 9.17) is 4.84 Å². The van der Waals surface area contributed by atoms with Gasteiger partial charge in [-0.05, 0) is 47.3 Å². The van der Waals surface area contributed by atoms with E-state index in [1.54, 1.807) is 0 Å². The van der Waals surface area contributed by atoms with Crippen LogP contribution in [0.1, 0.15) is 18.4 Å². The number of hydrogen-bond acceptors (Lipinski definition) is 3. The Balaban J connectivity index is 2.18. The number of hydroxylamine groups is 1. The van der Waals surface area contributed by atoms with Crippen LogP contribution in [-0.2, 0) is 4.84 Å². The number of aromatic nitrogens is 1. The molecule has 1 saturated heterocycles. The van der Waals surface area contributed by atoms with Crippen LogP contribution in [0.2, 0.25) is 0 Å². The fourth-order valence-corrected chi connectivity index (χ4v) is 1.66. The van der Waals surface area contributed by atoms with Crippen molar-refractivity contribution < 1.29 is 4.84 Å². The first-order chi connectivity index (χ1) is 6.77. The van der Waals surface area contributed by atoms with E-state index in [9.17, 15) is 0 Å². The van der Waals surface area contributed by atoms with Crippen molar-refractivity contribution in [3.05, 3.63) is 22.3 Å². The summed E-state index contributed by atoms with van der Waals surface area (Å²) in [7, 11) is 0. The third-order valence-electron chi connectivity index (χ3n) is 2.29. The smallest absolute Gasteiger partial charge is 0.152 e. The number of aryl methyl sites for hydroxylation is 1. The van der Waals surface area contributed by atoms with E-state index in [0.29, 0.717) is 0 Å². The predicted octanol–water partition coefficient (Wildman–Crippen LogP) is 2.68. The molecule has 1 fully saturated rings. The molecule has 0 aliphatic carbocycles. The maximum absolute atomic E-state index is 5.51. The monoisotopic (exact) mass is 256 g/mol. The molecule has 2 heterocycles. The van der Waals surface area contributed by atoms with Gasteiger partial charge < -0.3 is 0 Å². The average Bonchev–Trinajstić information content (AvgIpc) is 2.23. The molecule has 0 atom stereocenters. The quantitative estimate of drug-likeness (QED) is 0.773. The summed E-state index contributed by atoms with van der Waals surface area (Å²) in [5.74, 6) is 0.908. The summed E-state index contributed by atoms with van der Waals surface area (Å²) in [6, 6.07) is 2.04. The van der Waals surface area contributed by atoms with E-state index >= 15 is 0 Å². The zero-order valence-corrected chi connectivity index (χ0v) is 9.75. The highest BCUT2D eigenvalue weighted by atomic mass is 79.9. The van der Waals surface area contributed by atoms with Crippen molar-refractivity contribution in [2.75, 3.05) is 18.2 Å². The zero-order valence-electron chi connectivity index (χ0n) is 8.16. The number of hydrogen-bond donors (Lipinski definition) is 0. The molecule has 0 radical (unpaired) electrons. The van der Waals surface area contributed by atoms with Gasteiger partial charge >= 0.3 is 0 Å². The van der Waals surface area contributed by atoms with Gasteiger partial charge in [0.2, 0.25) is 0 Å². The highest BCUT2D eigenvalue weighted by molar-refractivity contribution is 9.10. The van der Waals surface area contributed by atoms with E-state index in [1.165, 1.54) is 12.0 Å². The molecular formula is C10H13BrN2O. The number of nitrogens with zero attached hydrogens (tertiary/aromatic N) is 2. The van der Waals surface area contributed by atoms with Gasteiger partial charge in [0.05, 0.1) is 6.61 Å². The minimum absolute atomic E-state index is 0.802. The molecule has 1 aromatic heterocycles. The molecule has 0 saturated carbocycles. The highest BCUT2D eigenvalue weighted by Crippen LogP contribution is 2.21. The largest absolute Gasteiger partial charge is 0.272 e. The Bertz CT molecular complexity index is 324. The van der Waals surface area contributed by atoms with E-state index in [-0.39, 0.29) is 0 Å². The van der Waals surface area contributed by atoms with Gasteiger partial charge in [0.1, 0.15) is 0 Å². The van der Waals surface area contributed by atoms with Gasteiger partial charge in [-0.15, -0.1) is 0 Å². The first kappa shape index (κ1) is 9.93. The molecule has 0 bridgehead atoms. The van der Waals surface area contributed by atoms with Crippen LogP contribution in [0.15, 0.2) is 16.7 Å². The van der Waals surface area contributed by atoms with Crippen molar-refractivity contribution in [3.63, 3.8) is 0 Å². The molecule has 0 spiro atoms. The molecule has 1 aromatic rings. The van der Waals surface area contributed by atoms with Crippen LogP contribution in [0, 0.1) is 6.92 Å².